The van der Waals surface area contributed by atoms with Crippen LogP contribution in [-0.2, 0) is 0 Å². The number of halogens is 1. The second-order valence-corrected chi connectivity index (χ2v) is 5.71. The van der Waals surface area contributed by atoms with E-state index in [0.29, 0.717) is 26.8 Å². The molecule has 1 aromatic heterocycles. The minimum Gasteiger partial charge on any atom is -0.387 e. The Morgan fingerprint density at radius 1 is 1.52 bits per heavy atom. The van der Waals surface area contributed by atoms with Gasteiger partial charge in [-0.25, -0.2) is 0 Å². The Morgan fingerprint density at radius 2 is 2.29 bits per heavy atom. The number of hydrogen-bond donors (Lipinski definition) is 3. The fraction of sp³-hybridized carbons (Fsp3) is 0.286. The first kappa shape index (κ1) is 15.8. The smallest absolute Gasteiger partial charge is 0.256 e. The van der Waals surface area contributed by atoms with Crippen LogP contribution in [0.2, 0.25) is 5.02 Å². The molecular weight excluding hydrogens is 310 g/mol. The Balaban J connectivity index is 2.02. The first-order chi connectivity index (χ1) is 10.0. The zero-order valence-electron chi connectivity index (χ0n) is 11.7. The van der Waals surface area contributed by atoms with Crippen LogP contribution < -0.4 is 10.6 Å². The van der Waals surface area contributed by atoms with E-state index in [2.05, 4.69) is 15.0 Å². The van der Waals surface area contributed by atoms with Crippen molar-refractivity contribution < 1.29 is 9.90 Å². The van der Waals surface area contributed by atoms with Crippen molar-refractivity contribution in [3.8, 4) is 0 Å². The molecular formula is C14H16ClN3O2S. The molecule has 1 heterocycles. The van der Waals surface area contributed by atoms with Crippen molar-refractivity contribution >= 4 is 34.0 Å². The fourth-order valence-electron chi connectivity index (χ4n) is 1.92. The highest BCUT2D eigenvalue weighted by atomic mass is 35.5. The number of aromatic nitrogens is 1. The molecule has 2 aromatic rings. The first-order valence-corrected chi connectivity index (χ1v) is 7.53. The molecule has 1 aromatic carbocycles. The normalized spacial score (nSPS) is 12.0. The van der Waals surface area contributed by atoms with Gasteiger partial charge in [0.15, 0.2) is 0 Å². The second kappa shape index (κ2) is 6.89. The molecule has 0 unspecified atom stereocenters. The predicted octanol–water partition coefficient (Wildman–Crippen LogP) is 2.61. The molecule has 21 heavy (non-hydrogen) atoms. The van der Waals surface area contributed by atoms with Crippen LogP contribution in [0.3, 0.4) is 0 Å². The maximum Gasteiger partial charge on any atom is 0.256 e. The van der Waals surface area contributed by atoms with E-state index in [4.69, 9.17) is 11.6 Å². The standard InChI is InChI=1S/C14H16ClN3O2S/c1-8-12(14(16-2)21-18-8)13(20)17-7-11(19)9-4-3-5-10(15)6-9/h3-6,11,16,19H,7H2,1-2H3,(H,17,20)/t11-/m1/s1. The Morgan fingerprint density at radius 3 is 2.95 bits per heavy atom. The highest BCUT2D eigenvalue weighted by molar-refractivity contribution is 7.10. The van der Waals surface area contributed by atoms with Gasteiger partial charge in [0.2, 0.25) is 0 Å². The summed E-state index contributed by atoms with van der Waals surface area (Å²) in [7, 11) is 1.74. The summed E-state index contributed by atoms with van der Waals surface area (Å²) in [5.74, 6) is -0.258. The van der Waals surface area contributed by atoms with Crippen LogP contribution in [0.5, 0.6) is 0 Å². The SMILES string of the molecule is CNc1snc(C)c1C(=O)NC[C@@H](O)c1cccc(Cl)c1. The topological polar surface area (TPSA) is 74.2 Å². The number of hydrogen-bond acceptors (Lipinski definition) is 5. The molecule has 0 aliphatic heterocycles. The largest absolute Gasteiger partial charge is 0.387 e. The third-order valence-corrected chi connectivity index (χ3v) is 4.20. The summed E-state index contributed by atoms with van der Waals surface area (Å²) in [6.45, 7) is 1.89. The number of anilines is 1. The maximum atomic E-state index is 12.2. The molecule has 0 aliphatic rings. The van der Waals surface area contributed by atoms with E-state index < -0.39 is 6.10 Å². The highest BCUT2D eigenvalue weighted by Crippen LogP contribution is 2.24. The Hall–Kier alpha value is -1.63. The summed E-state index contributed by atoms with van der Waals surface area (Å²) in [4.78, 5) is 12.2. The first-order valence-electron chi connectivity index (χ1n) is 6.38. The fourth-order valence-corrected chi connectivity index (χ4v) is 2.86. The molecule has 1 amide bonds. The molecule has 112 valence electrons. The van der Waals surface area contributed by atoms with Crippen molar-refractivity contribution in [2.24, 2.45) is 0 Å². The number of amides is 1. The van der Waals surface area contributed by atoms with Crippen molar-refractivity contribution in [3.05, 3.63) is 46.1 Å². The van der Waals surface area contributed by atoms with Crippen molar-refractivity contribution in [1.29, 1.82) is 0 Å². The van der Waals surface area contributed by atoms with Gasteiger partial charge < -0.3 is 15.7 Å². The van der Waals surface area contributed by atoms with Crippen LogP contribution in [-0.4, -0.2) is 29.0 Å². The number of benzene rings is 1. The van der Waals surface area contributed by atoms with Gasteiger partial charge in [0.25, 0.3) is 5.91 Å². The van der Waals surface area contributed by atoms with Crippen LogP contribution in [0.4, 0.5) is 5.00 Å². The minimum atomic E-state index is -0.808. The minimum absolute atomic E-state index is 0.109. The molecule has 0 spiro atoms. The number of carbonyl (C=O) groups excluding carboxylic acids is 1. The van der Waals surface area contributed by atoms with Gasteiger partial charge in [-0.05, 0) is 36.2 Å². The van der Waals surface area contributed by atoms with Gasteiger partial charge in [-0.3, -0.25) is 4.79 Å². The van der Waals surface area contributed by atoms with Crippen LogP contribution in [0.15, 0.2) is 24.3 Å². The van der Waals surface area contributed by atoms with Crippen molar-refractivity contribution in [2.45, 2.75) is 13.0 Å². The monoisotopic (exact) mass is 325 g/mol. The molecule has 0 aliphatic carbocycles. The number of aliphatic hydroxyl groups excluding tert-OH is 1. The lowest BCUT2D eigenvalue weighted by Crippen LogP contribution is -2.29. The molecule has 5 nitrogen and oxygen atoms in total. The number of nitrogens with one attached hydrogen (secondary N) is 2. The third kappa shape index (κ3) is 3.72. The van der Waals surface area contributed by atoms with E-state index in [1.54, 1.807) is 38.2 Å². The number of aliphatic hydroxyl groups is 1. The molecule has 2 rings (SSSR count). The van der Waals surface area contributed by atoms with Crippen molar-refractivity contribution in [2.75, 3.05) is 18.9 Å². The Kier molecular flexibility index (Phi) is 5.17. The van der Waals surface area contributed by atoms with Crippen molar-refractivity contribution in [3.63, 3.8) is 0 Å². The lowest BCUT2D eigenvalue weighted by atomic mass is 10.1. The number of carbonyl (C=O) groups is 1. The molecule has 7 heteroatoms. The van der Waals surface area contributed by atoms with E-state index in [1.165, 1.54) is 11.5 Å². The summed E-state index contributed by atoms with van der Waals surface area (Å²) in [6.07, 6.45) is -0.808. The number of nitrogens with zero attached hydrogens (tertiary/aromatic N) is 1. The molecule has 0 saturated carbocycles. The lowest BCUT2D eigenvalue weighted by molar-refractivity contribution is 0.0916. The Labute approximate surface area is 132 Å². The average Bonchev–Trinajstić information content (AvgIpc) is 2.85. The summed E-state index contributed by atoms with van der Waals surface area (Å²) < 4.78 is 4.14. The van der Waals surface area contributed by atoms with E-state index >= 15 is 0 Å². The molecule has 0 bridgehead atoms. The van der Waals surface area contributed by atoms with Crippen LogP contribution in [0, 0.1) is 6.92 Å². The molecule has 1 atom stereocenters. The molecule has 0 fully saturated rings. The predicted molar refractivity (Wildman–Crippen MR) is 85.1 cm³/mol. The molecule has 3 N–H and O–H groups in total. The van der Waals surface area contributed by atoms with Gasteiger partial charge in [0.1, 0.15) is 5.00 Å². The average molecular weight is 326 g/mol. The van der Waals surface area contributed by atoms with Gasteiger partial charge in [0, 0.05) is 18.6 Å². The number of rotatable bonds is 5. The van der Waals surface area contributed by atoms with E-state index in [9.17, 15) is 9.90 Å². The second-order valence-electron chi connectivity index (χ2n) is 4.50. The van der Waals surface area contributed by atoms with Crippen LogP contribution >= 0.6 is 23.1 Å². The summed E-state index contributed by atoms with van der Waals surface area (Å²) >= 11 is 7.11. The summed E-state index contributed by atoms with van der Waals surface area (Å²) in [6, 6.07) is 6.93. The zero-order chi connectivity index (χ0) is 15.4. The van der Waals surface area contributed by atoms with Crippen LogP contribution in [0.1, 0.15) is 27.7 Å². The Bertz CT molecular complexity index is 645. The third-order valence-electron chi connectivity index (χ3n) is 3.01. The summed E-state index contributed by atoms with van der Waals surface area (Å²) in [5, 5.41) is 17.0. The quantitative estimate of drug-likeness (QED) is 0.790. The number of aryl methyl sites for hydroxylation is 1. The van der Waals surface area contributed by atoms with E-state index in [0.717, 1.165) is 0 Å². The summed E-state index contributed by atoms with van der Waals surface area (Å²) in [5.41, 5.74) is 1.84. The molecule has 0 saturated heterocycles. The van der Waals surface area contributed by atoms with Gasteiger partial charge in [-0.2, -0.15) is 4.37 Å². The van der Waals surface area contributed by atoms with Crippen LogP contribution in [0.25, 0.3) is 0 Å². The van der Waals surface area contributed by atoms with Gasteiger partial charge in [-0.15, -0.1) is 0 Å². The maximum absolute atomic E-state index is 12.2. The molecule has 0 radical (unpaired) electrons. The lowest BCUT2D eigenvalue weighted by Gasteiger charge is -2.13. The van der Waals surface area contributed by atoms with Gasteiger partial charge in [0.05, 0.1) is 17.4 Å². The van der Waals surface area contributed by atoms with Gasteiger partial charge >= 0.3 is 0 Å². The van der Waals surface area contributed by atoms with E-state index in [1.807, 2.05) is 0 Å². The highest BCUT2D eigenvalue weighted by Gasteiger charge is 2.18. The van der Waals surface area contributed by atoms with E-state index in [-0.39, 0.29) is 12.5 Å². The van der Waals surface area contributed by atoms with Crippen molar-refractivity contribution in [1.82, 2.24) is 9.69 Å². The zero-order valence-corrected chi connectivity index (χ0v) is 13.3. The van der Waals surface area contributed by atoms with Gasteiger partial charge in [-0.1, -0.05) is 23.7 Å².